The summed E-state index contributed by atoms with van der Waals surface area (Å²) in [4.78, 5) is 4.18. The quantitative estimate of drug-likeness (QED) is 0.262. The maximum atomic E-state index is 13.4. The van der Waals surface area contributed by atoms with E-state index in [1.807, 2.05) is 17.7 Å². The SMILES string of the molecule is CN=C(NCCCn1nc(C)cc1C)NCc1cc(F)cc(Br)c1.I. The summed E-state index contributed by atoms with van der Waals surface area (Å²) in [5.41, 5.74) is 3.07. The third-order valence-corrected chi connectivity index (χ3v) is 4.01. The van der Waals surface area contributed by atoms with Gasteiger partial charge < -0.3 is 10.6 Å². The second-order valence-electron chi connectivity index (χ2n) is 5.63. The van der Waals surface area contributed by atoms with Crippen LogP contribution in [0.2, 0.25) is 0 Å². The Kier molecular flexibility index (Phi) is 9.41. The molecule has 0 saturated heterocycles. The molecule has 0 bridgehead atoms. The number of nitrogens with zero attached hydrogens (tertiary/aromatic N) is 3. The van der Waals surface area contributed by atoms with Crippen LogP contribution < -0.4 is 10.6 Å². The lowest BCUT2D eigenvalue weighted by Crippen LogP contribution is -2.37. The van der Waals surface area contributed by atoms with Gasteiger partial charge in [-0.3, -0.25) is 9.67 Å². The highest BCUT2D eigenvalue weighted by atomic mass is 127. The second-order valence-corrected chi connectivity index (χ2v) is 6.55. The fraction of sp³-hybridized carbons (Fsp3) is 0.412. The Bertz CT molecular complexity index is 697. The molecule has 0 saturated carbocycles. The fourth-order valence-electron chi connectivity index (χ4n) is 2.46. The van der Waals surface area contributed by atoms with E-state index in [-0.39, 0.29) is 29.8 Å². The highest BCUT2D eigenvalue weighted by molar-refractivity contribution is 14.0. The van der Waals surface area contributed by atoms with Gasteiger partial charge in [0.2, 0.25) is 0 Å². The smallest absolute Gasteiger partial charge is 0.191 e. The standard InChI is InChI=1S/C17H23BrFN5.HI/c1-12-7-13(2)24(23-12)6-4-5-21-17(20-3)22-11-14-8-15(18)10-16(19)9-14;/h7-10H,4-6,11H2,1-3H3,(H2,20,21,22);1H. The Morgan fingerprint density at radius 2 is 2.00 bits per heavy atom. The van der Waals surface area contributed by atoms with Crippen molar-refractivity contribution in [2.45, 2.75) is 33.4 Å². The number of aliphatic imine (C=N–C) groups is 1. The number of hydrogen-bond donors (Lipinski definition) is 2. The van der Waals surface area contributed by atoms with Crippen molar-refractivity contribution in [3.63, 3.8) is 0 Å². The monoisotopic (exact) mass is 523 g/mol. The minimum atomic E-state index is -0.256. The summed E-state index contributed by atoms with van der Waals surface area (Å²) >= 11 is 3.30. The number of aromatic nitrogens is 2. The molecule has 0 radical (unpaired) electrons. The number of nitrogens with one attached hydrogen (secondary N) is 2. The Hall–Kier alpha value is -1.16. The van der Waals surface area contributed by atoms with Crippen LogP contribution in [0.5, 0.6) is 0 Å². The van der Waals surface area contributed by atoms with Crippen LogP contribution in [0.1, 0.15) is 23.4 Å². The van der Waals surface area contributed by atoms with Crippen LogP contribution >= 0.6 is 39.9 Å². The molecule has 1 aromatic heterocycles. The summed E-state index contributed by atoms with van der Waals surface area (Å²) in [7, 11) is 1.72. The lowest BCUT2D eigenvalue weighted by Gasteiger charge is -2.12. The van der Waals surface area contributed by atoms with E-state index in [2.05, 4.69) is 49.6 Å². The summed E-state index contributed by atoms with van der Waals surface area (Å²) in [6.07, 6.45) is 0.939. The molecule has 1 heterocycles. The van der Waals surface area contributed by atoms with Gasteiger partial charge in [0.1, 0.15) is 5.82 Å². The van der Waals surface area contributed by atoms with Gasteiger partial charge in [0.25, 0.3) is 0 Å². The molecule has 138 valence electrons. The summed E-state index contributed by atoms with van der Waals surface area (Å²) < 4.78 is 16.1. The number of benzene rings is 1. The average molecular weight is 524 g/mol. The topological polar surface area (TPSA) is 54.2 Å². The van der Waals surface area contributed by atoms with Gasteiger partial charge in [0, 0.05) is 36.8 Å². The van der Waals surface area contributed by atoms with Crippen LogP contribution in [0.25, 0.3) is 0 Å². The number of hydrogen-bond acceptors (Lipinski definition) is 2. The maximum Gasteiger partial charge on any atom is 0.191 e. The van der Waals surface area contributed by atoms with E-state index in [1.54, 1.807) is 7.05 Å². The molecule has 0 aliphatic rings. The van der Waals surface area contributed by atoms with Gasteiger partial charge in [0.05, 0.1) is 5.69 Å². The molecule has 0 spiro atoms. The summed E-state index contributed by atoms with van der Waals surface area (Å²) in [6, 6.07) is 6.90. The van der Waals surface area contributed by atoms with Crippen LogP contribution in [0.15, 0.2) is 33.7 Å². The molecule has 2 aromatic rings. The van der Waals surface area contributed by atoms with Crippen LogP contribution in [-0.2, 0) is 13.1 Å². The molecule has 2 rings (SSSR count). The lowest BCUT2D eigenvalue weighted by molar-refractivity contribution is 0.555. The molecule has 5 nitrogen and oxygen atoms in total. The first-order valence-electron chi connectivity index (χ1n) is 7.88. The lowest BCUT2D eigenvalue weighted by atomic mass is 10.2. The Balaban J connectivity index is 0.00000312. The van der Waals surface area contributed by atoms with Crippen LogP contribution in [0.4, 0.5) is 4.39 Å². The van der Waals surface area contributed by atoms with Crippen molar-refractivity contribution in [2.24, 2.45) is 4.99 Å². The van der Waals surface area contributed by atoms with Gasteiger partial charge in [-0.1, -0.05) is 15.9 Å². The van der Waals surface area contributed by atoms with Crippen molar-refractivity contribution >= 4 is 45.9 Å². The van der Waals surface area contributed by atoms with E-state index >= 15 is 0 Å². The third-order valence-electron chi connectivity index (χ3n) is 3.55. The molecule has 0 aliphatic heterocycles. The zero-order valence-electron chi connectivity index (χ0n) is 14.6. The predicted molar refractivity (Wildman–Crippen MR) is 114 cm³/mol. The number of aryl methyl sites for hydroxylation is 3. The zero-order valence-corrected chi connectivity index (χ0v) is 18.6. The number of rotatable bonds is 6. The largest absolute Gasteiger partial charge is 0.356 e. The predicted octanol–water partition coefficient (Wildman–Crippen LogP) is 3.77. The summed E-state index contributed by atoms with van der Waals surface area (Å²) in [5, 5.41) is 10.9. The van der Waals surface area contributed by atoms with Crippen LogP contribution in [0, 0.1) is 19.7 Å². The fourth-order valence-corrected chi connectivity index (χ4v) is 2.97. The van der Waals surface area contributed by atoms with Gasteiger partial charge in [-0.15, -0.1) is 24.0 Å². The van der Waals surface area contributed by atoms with E-state index in [0.717, 1.165) is 35.2 Å². The van der Waals surface area contributed by atoms with E-state index in [9.17, 15) is 4.39 Å². The van der Waals surface area contributed by atoms with E-state index in [0.29, 0.717) is 12.5 Å². The molecular formula is C17H24BrFIN5. The summed E-state index contributed by atoms with van der Waals surface area (Å²) in [5.74, 6) is 0.442. The second kappa shape index (κ2) is 10.7. The zero-order chi connectivity index (χ0) is 17.5. The van der Waals surface area contributed by atoms with Gasteiger partial charge in [0.15, 0.2) is 5.96 Å². The summed E-state index contributed by atoms with van der Waals surface area (Å²) in [6.45, 7) is 6.21. The van der Waals surface area contributed by atoms with Crippen LogP contribution in [0.3, 0.4) is 0 Å². The normalized spacial score (nSPS) is 11.2. The first-order chi connectivity index (χ1) is 11.5. The third kappa shape index (κ3) is 7.31. The minimum Gasteiger partial charge on any atom is -0.356 e. The van der Waals surface area contributed by atoms with Crippen molar-refractivity contribution < 1.29 is 4.39 Å². The number of halogens is 3. The molecule has 0 amide bonds. The Morgan fingerprint density at radius 3 is 2.60 bits per heavy atom. The highest BCUT2D eigenvalue weighted by Crippen LogP contribution is 2.14. The van der Waals surface area contributed by atoms with Crippen molar-refractivity contribution in [2.75, 3.05) is 13.6 Å². The maximum absolute atomic E-state index is 13.4. The molecule has 1 aromatic carbocycles. The molecule has 25 heavy (non-hydrogen) atoms. The average Bonchev–Trinajstić information content (AvgIpc) is 2.83. The first-order valence-corrected chi connectivity index (χ1v) is 8.68. The molecular weight excluding hydrogens is 500 g/mol. The number of guanidine groups is 1. The van der Waals surface area contributed by atoms with Gasteiger partial charge in [-0.2, -0.15) is 5.10 Å². The molecule has 0 aliphatic carbocycles. The van der Waals surface area contributed by atoms with E-state index < -0.39 is 0 Å². The van der Waals surface area contributed by atoms with E-state index in [4.69, 9.17) is 0 Å². The minimum absolute atomic E-state index is 0. The Morgan fingerprint density at radius 1 is 1.24 bits per heavy atom. The van der Waals surface area contributed by atoms with Gasteiger partial charge in [-0.25, -0.2) is 4.39 Å². The molecule has 0 fully saturated rings. The molecule has 8 heteroatoms. The van der Waals surface area contributed by atoms with Gasteiger partial charge >= 0.3 is 0 Å². The van der Waals surface area contributed by atoms with Crippen LogP contribution in [-0.4, -0.2) is 29.3 Å². The van der Waals surface area contributed by atoms with Crippen molar-refractivity contribution in [1.82, 2.24) is 20.4 Å². The molecule has 2 N–H and O–H groups in total. The van der Waals surface area contributed by atoms with Crippen molar-refractivity contribution in [3.8, 4) is 0 Å². The van der Waals surface area contributed by atoms with Crippen molar-refractivity contribution in [3.05, 3.63) is 51.5 Å². The Labute approximate surface area is 173 Å². The van der Waals surface area contributed by atoms with E-state index in [1.165, 1.54) is 17.8 Å². The first kappa shape index (κ1) is 21.9. The highest BCUT2D eigenvalue weighted by Gasteiger charge is 2.03. The molecule has 0 atom stereocenters. The van der Waals surface area contributed by atoms with Gasteiger partial charge in [-0.05, 0) is 50.1 Å². The van der Waals surface area contributed by atoms with Crippen molar-refractivity contribution in [1.29, 1.82) is 0 Å². The molecule has 0 unspecified atom stereocenters.